The Labute approximate surface area is 170 Å². The zero-order valence-electron chi connectivity index (χ0n) is 15.1. The topological polar surface area (TPSA) is 84.2 Å². The van der Waals surface area contributed by atoms with E-state index >= 15 is 0 Å². The number of aryl methyl sites for hydroxylation is 2. The van der Waals surface area contributed by atoms with Gasteiger partial charge in [0.25, 0.3) is 5.91 Å². The van der Waals surface area contributed by atoms with Crippen LogP contribution in [-0.2, 0) is 0 Å². The number of rotatable bonds is 3. The number of benzene rings is 2. The number of hydrogen-bond acceptors (Lipinski definition) is 6. The third-order valence-electron chi connectivity index (χ3n) is 4.09. The van der Waals surface area contributed by atoms with Gasteiger partial charge in [-0.25, -0.2) is 0 Å². The molecule has 2 aromatic carbocycles. The second kappa shape index (κ2) is 7.45. The Hall–Kier alpha value is -3.17. The lowest BCUT2D eigenvalue weighted by Gasteiger charge is -2.12. The molecule has 1 amide bonds. The molecule has 4 rings (SSSR count). The summed E-state index contributed by atoms with van der Waals surface area (Å²) in [7, 11) is 0. The van der Waals surface area contributed by atoms with Gasteiger partial charge in [-0.05, 0) is 50.3 Å². The van der Waals surface area contributed by atoms with Crippen LogP contribution in [0.15, 0.2) is 48.5 Å². The highest BCUT2D eigenvalue weighted by atomic mass is 32.1. The van der Waals surface area contributed by atoms with Gasteiger partial charge >= 0.3 is 0 Å². The number of para-hydroxylation sites is 1. The summed E-state index contributed by atoms with van der Waals surface area (Å²) in [6, 6.07) is 14.9. The second-order valence-electron chi connectivity index (χ2n) is 6.17. The fourth-order valence-electron chi connectivity index (χ4n) is 2.64. The Balaban J connectivity index is 1.54. The van der Waals surface area contributed by atoms with Gasteiger partial charge in [-0.3, -0.25) is 10.1 Å². The van der Waals surface area contributed by atoms with Gasteiger partial charge in [0.2, 0.25) is 4.96 Å². The maximum absolute atomic E-state index is 12.4. The highest BCUT2D eigenvalue weighted by Crippen LogP contribution is 2.31. The van der Waals surface area contributed by atoms with Crippen LogP contribution in [0.1, 0.15) is 21.7 Å². The summed E-state index contributed by atoms with van der Waals surface area (Å²) < 4.78 is 1.70. The minimum Gasteiger partial charge on any atom is -0.332 e. The van der Waals surface area contributed by atoms with E-state index in [1.54, 1.807) is 16.6 Å². The van der Waals surface area contributed by atoms with E-state index in [0.29, 0.717) is 5.56 Å². The molecular weight excluding hydrogens is 392 g/mol. The highest BCUT2D eigenvalue weighted by molar-refractivity contribution is 7.80. The average molecular weight is 409 g/mol. The number of nitrogens with zero attached hydrogens (tertiary/aromatic N) is 4. The van der Waals surface area contributed by atoms with Crippen molar-refractivity contribution in [3.8, 4) is 10.6 Å². The first kappa shape index (κ1) is 18.2. The van der Waals surface area contributed by atoms with Crippen molar-refractivity contribution in [2.75, 3.05) is 5.32 Å². The van der Waals surface area contributed by atoms with Crippen LogP contribution in [0.3, 0.4) is 0 Å². The molecule has 0 aliphatic heterocycles. The van der Waals surface area contributed by atoms with E-state index in [4.69, 9.17) is 12.2 Å². The lowest BCUT2D eigenvalue weighted by atomic mass is 10.1. The van der Waals surface area contributed by atoms with Gasteiger partial charge in [-0.2, -0.15) is 9.61 Å². The second-order valence-corrected chi connectivity index (χ2v) is 7.53. The van der Waals surface area contributed by atoms with Crippen molar-refractivity contribution in [2.45, 2.75) is 13.8 Å². The molecule has 0 fully saturated rings. The molecule has 9 heteroatoms. The summed E-state index contributed by atoms with van der Waals surface area (Å²) in [6.45, 7) is 3.82. The van der Waals surface area contributed by atoms with E-state index in [2.05, 4.69) is 25.9 Å². The Morgan fingerprint density at radius 3 is 2.57 bits per heavy atom. The molecule has 0 bridgehead atoms. The van der Waals surface area contributed by atoms with Gasteiger partial charge < -0.3 is 5.32 Å². The van der Waals surface area contributed by atoms with Crippen LogP contribution in [-0.4, -0.2) is 30.8 Å². The quantitative estimate of drug-likeness (QED) is 0.504. The lowest BCUT2D eigenvalue weighted by Crippen LogP contribution is -2.34. The summed E-state index contributed by atoms with van der Waals surface area (Å²) in [6.07, 6.45) is 0. The fraction of sp³-hybridized carbons (Fsp3) is 0.105. The molecule has 0 unspecified atom stereocenters. The third kappa shape index (κ3) is 3.62. The molecule has 0 atom stereocenters. The van der Waals surface area contributed by atoms with Crippen LogP contribution in [0, 0.1) is 13.8 Å². The first-order valence-electron chi connectivity index (χ1n) is 8.48. The molecule has 0 radical (unpaired) electrons. The molecule has 7 nitrogen and oxygen atoms in total. The molecule has 2 aromatic heterocycles. The van der Waals surface area contributed by atoms with Crippen molar-refractivity contribution in [1.29, 1.82) is 0 Å². The largest absolute Gasteiger partial charge is 0.332 e. The maximum Gasteiger partial charge on any atom is 0.257 e. The predicted molar refractivity (Wildman–Crippen MR) is 114 cm³/mol. The Kier molecular flexibility index (Phi) is 4.84. The van der Waals surface area contributed by atoms with E-state index in [1.807, 2.05) is 50.2 Å². The van der Waals surface area contributed by atoms with E-state index in [0.717, 1.165) is 32.6 Å². The van der Waals surface area contributed by atoms with Crippen LogP contribution in [0.25, 0.3) is 15.5 Å². The van der Waals surface area contributed by atoms with Crippen molar-refractivity contribution in [3.63, 3.8) is 0 Å². The van der Waals surface area contributed by atoms with Crippen molar-refractivity contribution in [1.82, 2.24) is 25.1 Å². The van der Waals surface area contributed by atoms with Crippen molar-refractivity contribution in [3.05, 3.63) is 65.5 Å². The van der Waals surface area contributed by atoms with E-state index in [-0.39, 0.29) is 11.0 Å². The first-order chi connectivity index (χ1) is 13.5. The highest BCUT2D eigenvalue weighted by Gasteiger charge is 2.15. The summed E-state index contributed by atoms with van der Waals surface area (Å²) in [5.74, 6) is 0.466. The number of amides is 1. The number of carbonyl (C=O) groups excluding carboxylic acids is 1. The van der Waals surface area contributed by atoms with Crippen molar-refractivity contribution in [2.24, 2.45) is 0 Å². The normalized spacial score (nSPS) is 10.8. The van der Waals surface area contributed by atoms with E-state index < -0.39 is 0 Å². The molecular formula is C19H16N6OS2. The molecule has 0 aliphatic rings. The molecule has 0 aliphatic carbocycles. The number of nitrogens with one attached hydrogen (secondary N) is 2. The smallest absolute Gasteiger partial charge is 0.257 e. The summed E-state index contributed by atoms with van der Waals surface area (Å²) in [4.78, 5) is 13.1. The zero-order valence-corrected chi connectivity index (χ0v) is 16.8. The van der Waals surface area contributed by atoms with Crippen LogP contribution >= 0.6 is 23.6 Å². The molecule has 2 N–H and O–H groups in total. The Morgan fingerprint density at radius 2 is 1.82 bits per heavy atom. The number of aromatic nitrogens is 4. The standard InChI is InChI=1S/C19H16N6OS2/c1-11-7-9-13(10-8-11)16(26)21-18(27)20-15-6-4-3-5-14(15)17-24-25-12(2)22-23-19(25)28-17/h3-10H,1-2H3,(H2,20,21,26,27). The summed E-state index contributed by atoms with van der Waals surface area (Å²) in [5, 5.41) is 19.5. The third-order valence-corrected chi connectivity index (χ3v) is 5.23. The minimum atomic E-state index is -0.260. The number of carbonyl (C=O) groups is 1. The molecule has 0 saturated carbocycles. The number of fused-ring (bicyclic) bond motifs is 1. The van der Waals surface area contributed by atoms with E-state index in [9.17, 15) is 4.79 Å². The van der Waals surface area contributed by atoms with Gasteiger partial charge in [0.15, 0.2) is 10.9 Å². The van der Waals surface area contributed by atoms with Gasteiger partial charge in [-0.15, -0.1) is 10.2 Å². The van der Waals surface area contributed by atoms with Gasteiger partial charge in [0.05, 0.1) is 5.69 Å². The van der Waals surface area contributed by atoms with E-state index in [1.165, 1.54) is 11.3 Å². The fourth-order valence-corrected chi connectivity index (χ4v) is 3.76. The summed E-state index contributed by atoms with van der Waals surface area (Å²) >= 11 is 6.76. The Bertz CT molecular complexity index is 1180. The Morgan fingerprint density at radius 1 is 1.07 bits per heavy atom. The first-order valence-corrected chi connectivity index (χ1v) is 9.71. The molecule has 2 heterocycles. The number of hydrogen-bond donors (Lipinski definition) is 2. The summed E-state index contributed by atoms with van der Waals surface area (Å²) in [5.41, 5.74) is 3.25. The molecule has 140 valence electrons. The van der Waals surface area contributed by atoms with Crippen molar-refractivity contribution >= 4 is 45.2 Å². The van der Waals surface area contributed by atoms with Crippen LogP contribution in [0.5, 0.6) is 0 Å². The van der Waals surface area contributed by atoms with Gasteiger partial charge in [0, 0.05) is 11.1 Å². The van der Waals surface area contributed by atoms with Crippen LogP contribution < -0.4 is 10.6 Å². The van der Waals surface area contributed by atoms with Gasteiger partial charge in [0.1, 0.15) is 5.01 Å². The predicted octanol–water partition coefficient (Wildman–Crippen LogP) is 3.60. The SMILES string of the molecule is Cc1ccc(C(=O)NC(=S)Nc2ccccc2-c2nn3c(C)nnc3s2)cc1. The van der Waals surface area contributed by atoms with Crippen LogP contribution in [0.4, 0.5) is 5.69 Å². The molecule has 0 spiro atoms. The van der Waals surface area contributed by atoms with Crippen LogP contribution in [0.2, 0.25) is 0 Å². The number of anilines is 1. The molecule has 28 heavy (non-hydrogen) atoms. The zero-order chi connectivity index (χ0) is 19.7. The maximum atomic E-state index is 12.4. The number of thiocarbonyl (C=S) groups is 1. The molecule has 0 saturated heterocycles. The molecule has 4 aromatic rings. The minimum absolute atomic E-state index is 0.220. The monoisotopic (exact) mass is 408 g/mol. The average Bonchev–Trinajstić information content (AvgIpc) is 3.25. The van der Waals surface area contributed by atoms with Crippen molar-refractivity contribution < 1.29 is 4.79 Å². The lowest BCUT2D eigenvalue weighted by molar-refractivity contribution is 0.0977. The van der Waals surface area contributed by atoms with Gasteiger partial charge in [-0.1, -0.05) is 41.2 Å².